The molecule has 0 bridgehead atoms. The van der Waals surface area contributed by atoms with Crippen molar-refractivity contribution in [2.45, 2.75) is 64.9 Å². The maximum Gasteiger partial charge on any atom is 0.262 e. The van der Waals surface area contributed by atoms with Gasteiger partial charge in [-0.1, -0.05) is 25.3 Å². The van der Waals surface area contributed by atoms with Crippen LogP contribution in [-0.4, -0.2) is 35.7 Å². The molecule has 0 radical (unpaired) electrons. The van der Waals surface area contributed by atoms with E-state index in [-0.39, 0.29) is 11.9 Å². The molecule has 0 amide bonds. The van der Waals surface area contributed by atoms with Crippen LogP contribution in [0, 0.1) is 0 Å². The third kappa shape index (κ3) is 4.70. The standard InChI is InChI=1S/C23H30N2O2/c1-4-17(3)27-22-13-12-18-9-6-7-11-20(18)23(24-22)25-15-8-10-19(14-16-25)21(26)5-2/h5,10,12,17H,2,4,6-9,11,14-16H2,1,3H3/t17-/m1/s1. The minimum Gasteiger partial charge on any atom is -0.469 e. The van der Waals surface area contributed by atoms with Gasteiger partial charge in [0.1, 0.15) is 5.84 Å². The van der Waals surface area contributed by atoms with E-state index in [1.807, 2.05) is 0 Å². The molecule has 3 rings (SSSR count). The van der Waals surface area contributed by atoms with E-state index in [2.05, 4.69) is 43.2 Å². The Hall–Kier alpha value is -2.32. The largest absolute Gasteiger partial charge is 0.469 e. The summed E-state index contributed by atoms with van der Waals surface area (Å²) in [5.41, 5.74) is 6.81. The summed E-state index contributed by atoms with van der Waals surface area (Å²) in [6, 6.07) is 0. The number of carbonyl (C=O) groups excluding carboxylic acids is 1. The molecule has 27 heavy (non-hydrogen) atoms. The lowest BCUT2D eigenvalue weighted by Gasteiger charge is -2.29. The van der Waals surface area contributed by atoms with Gasteiger partial charge in [0, 0.05) is 13.1 Å². The van der Waals surface area contributed by atoms with E-state index in [9.17, 15) is 4.79 Å². The molecule has 0 aromatic rings. The number of amidine groups is 1. The van der Waals surface area contributed by atoms with E-state index in [0.29, 0.717) is 5.88 Å². The molecule has 0 unspecified atom stereocenters. The molecule has 0 spiro atoms. The van der Waals surface area contributed by atoms with Crippen LogP contribution < -0.4 is 0 Å². The number of ketones is 1. The van der Waals surface area contributed by atoms with Crippen molar-refractivity contribution >= 4 is 11.6 Å². The average molecular weight is 367 g/mol. The highest BCUT2D eigenvalue weighted by atomic mass is 16.5. The average Bonchev–Trinajstić information content (AvgIpc) is 3.04. The topological polar surface area (TPSA) is 41.9 Å². The van der Waals surface area contributed by atoms with Crippen molar-refractivity contribution in [2.24, 2.45) is 4.99 Å². The first-order valence-electron chi connectivity index (χ1n) is 10.2. The Kier molecular flexibility index (Phi) is 6.52. The van der Waals surface area contributed by atoms with Crippen LogP contribution in [-0.2, 0) is 9.53 Å². The molecule has 0 saturated carbocycles. The summed E-state index contributed by atoms with van der Waals surface area (Å²) >= 11 is 0. The van der Waals surface area contributed by atoms with E-state index < -0.39 is 0 Å². The fraction of sp³-hybridized carbons (Fsp3) is 0.522. The molecule has 1 atom stereocenters. The fourth-order valence-electron chi connectivity index (χ4n) is 3.71. The summed E-state index contributed by atoms with van der Waals surface area (Å²) < 4.78 is 6.01. The molecule has 0 fully saturated rings. The second-order valence-corrected chi connectivity index (χ2v) is 7.40. The molecule has 0 aromatic heterocycles. The predicted molar refractivity (Wildman–Crippen MR) is 109 cm³/mol. The molecule has 0 aromatic carbocycles. The summed E-state index contributed by atoms with van der Waals surface area (Å²) in [6.45, 7) is 9.44. The van der Waals surface area contributed by atoms with Crippen molar-refractivity contribution in [2.75, 3.05) is 13.1 Å². The molecular formula is C23H30N2O2. The van der Waals surface area contributed by atoms with Gasteiger partial charge in [-0.15, -0.1) is 0 Å². The van der Waals surface area contributed by atoms with Crippen molar-refractivity contribution < 1.29 is 9.53 Å². The van der Waals surface area contributed by atoms with Gasteiger partial charge in [-0.3, -0.25) is 4.79 Å². The van der Waals surface area contributed by atoms with Gasteiger partial charge in [0.15, 0.2) is 5.78 Å². The maximum absolute atomic E-state index is 12.0. The van der Waals surface area contributed by atoms with Gasteiger partial charge >= 0.3 is 0 Å². The first-order chi connectivity index (χ1) is 13.1. The summed E-state index contributed by atoms with van der Waals surface area (Å²) in [7, 11) is 0. The lowest BCUT2D eigenvalue weighted by atomic mass is 9.90. The van der Waals surface area contributed by atoms with E-state index >= 15 is 0 Å². The SMILES string of the molecule is C=CC(=O)C1=CCCN(C2=NC(O[C@H](C)CC)=C=CC3=C2CCCC3)CC1. The van der Waals surface area contributed by atoms with Gasteiger partial charge in [-0.25, -0.2) is 0 Å². The molecule has 1 aliphatic carbocycles. The van der Waals surface area contributed by atoms with Crippen molar-refractivity contribution in [1.82, 2.24) is 4.90 Å². The summed E-state index contributed by atoms with van der Waals surface area (Å²) in [5.74, 6) is 1.64. The Balaban J connectivity index is 1.87. The van der Waals surface area contributed by atoms with Crippen LogP contribution in [0.2, 0.25) is 0 Å². The van der Waals surface area contributed by atoms with Crippen LogP contribution in [0.15, 0.2) is 58.1 Å². The molecule has 2 heterocycles. The highest BCUT2D eigenvalue weighted by Gasteiger charge is 2.25. The van der Waals surface area contributed by atoms with Gasteiger partial charge in [0.05, 0.1) is 6.10 Å². The Morgan fingerprint density at radius 2 is 2.19 bits per heavy atom. The molecule has 3 aliphatic rings. The molecule has 4 nitrogen and oxygen atoms in total. The summed E-state index contributed by atoms with van der Waals surface area (Å²) in [6.07, 6.45) is 12.7. The van der Waals surface area contributed by atoms with Gasteiger partial charge in [-0.05, 0) is 80.7 Å². The van der Waals surface area contributed by atoms with Crippen LogP contribution in [0.1, 0.15) is 58.8 Å². The fourth-order valence-corrected chi connectivity index (χ4v) is 3.71. The smallest absolute Gasteiger partial charge is 0.262 e. The quantitative estimate of drug-likeness (QED) is 0.515. The van der Waals surface area contributed by atoms with Gasteiger partial charge in [0.2, 0.25) is 0 Å². The molecule has 0 saturated heterocycles. The van der Waals surface area contributed by atoms with Crippen molar-refractivity contribution in [3.63, 3.8) is 0 Å². The minimum absolute atomic E-state index is 0.0413. The lowest BCUT2D eigenvalue weighted by molar-refractivity contribution is -0.111. The van der Waals surface area contributed by atoms with E-state index in [0.717, 1.165) is 56.6 Å². The number of aliphatic imine (C=N–C) groups is 1. The van der Waals surface area contributed by atoms with E-state index in [1.165, 1.54) is 30.1 Å². The number of ether oxygens (including phenoxy) is 1. The number of carbonyl (C=O) groups is 1. The molecule has 2 aliphatic heterocycles. The zero-order chi connectivity index (χ0) is 19.2. The van der Waals surface area contributed by atoms with Crippen LogP contribution in [0.5, 0.6) is 0 Å². The number of nitrogens with zero attached hydrogens (tertiary/aromatic N) is 2. The van der Waals surface area contributed by atoms with Crippen molar-refractivity contribution in [3.8, 4) is 0 Å². The van der Waals surface area contributed by atoms with Crippen molar-refractivity contribution in [3.05, 3.63) is 53.1 Å². The van der Waals surface area contributed by atoms with E-state index in [4.69, 9.17) is 9.73 Å². The summed E-state index contributed by atoms with van der Waals surface area (Å²) in [5, 5.41) is 0. The monoisotopic (exact) mass is 366 g/mol. The second-order valence-electron chi connectivity index (χ2n) is 7.40. The van der Waals surface area contributed by atoms with Gasteiger partial charge in [0.25, 0.3) is 5.88 Å². The first kappa shape index (κ1) is 19.4. The molecular weight excluding hydrogens is 336 g/mol. The molecule has 4 heteroatoms. The Morgan fingerprint density at radius 3 is 2.96 bits per heavy atom. The zero-order valence-corrected chi connectivity index (χ0v) is 16.6. The van der Waals surface area contributed by atoms with Crippen LogP contribution >= 0.6 is 0 Å². The second kappa shape index (κ2) is 9.05. The van der Waals surface area contributed by atoms with Crippen LogP contribution in [0.3, 0.4) is 0 Å². The third-order valence-corrected chi connectivity index (χ3v) is 5.49. The molecule has 144 valence electrons. The number of hydrogen-bond acceptors (Lipinski definition) is 4. The third-order valence-electron chi connectivity index (χ3n) is 5.49. The predicted octanol–water partition coefficient (Wildman–Crippen LogP) is 4.86. The minimum atomic E-state index is 0.0413. The maximum atomic E-state index is 12.0. The Labute approximate surface area is 162 Å². The van der Waals surface area contributed by atoms with E-state index in [1.54, 1.807) is 0 Å². The Bertz CT molecular complexity index is 763. The van der Waals surface area contributed by atoms with Gasteiger partial charge in [-0.2, -0.15) is 4.99 Å². The van der Waals surface area contributed by atoms with Crippen LogP contribution in [0.25, 0.3) is 0 Å². The Morgan fingerprint density at radius 1 is 1.37 bits per heavy atom. The normalized spacial score (nSPS) is 21.3. The highest BCUT2D eigenvalue weighted by Crippen LogP contribution is 2.31. The van der Waals surface area contributed by atoms with Crippen LogP contribution in [0.4, 0.5) is 0 Å². The zero-order valence-electron chi connectivity index (χ0n) is 16.6. The summed E-state index contributed by atoms with van der Waals surface area (Å²) in [4.78, 5) is 19.2. The number of hydrogen-bond donors (Lipinski definition) is 0. The molecule has 0 N–H and O–H groups in total. The lowest BCUT2D eigenvalue weighted by Crippen LogP contribution is -2.34. The number of rotatable bonds is 5. The van der Waals surface area contributed by atoms with Crippen molar-refractivity contribution in [1.29, 1.82) is 0 Å². The highest BCUT2D eigenvalue weighted by molar-refractivity contribution is 6.04. The first-order valence-corrected chi connectivity index (χ1v) is 10.2. The van der Waals surface area contributed by atoms with Gasteiger partial charge < -0.3 is 9.64 Å². The number of allylic oxidation sites excluding steroid dienone is 3.